The minimum absolute atomic E-state index is 0.0224. The minimum atomic E-state index is -0.575. The predicted molar refractivity (Wildman–Crippen MR) is 89.1 cm³/mol. The number of carbonyl (C=O) groups excluding carboxylic acids is 1. The van der Waals surface area contributed by atoms with Gasteiger partial charge in [0.05, 0.1) is 17.3 Å². The summed E-state index contributed by atoms with van der Waals surface area (Å²) in [6.07, 6.45) is 0. The van der Waals surface area contributed by atoms with E-state index in [9.17, 15) is 9.18 Å². The van der Waals surface area contributed by atoms with Crippen LogP contribution in [-0.2, 0) is 0 Å². The summed E-state index contributed by atoms with van der Waals surface area (Å²) < 4.78 is 16.1. The molecule has 1 heterocycles. The number of hydrogen-bond donors (Lipinski definition) is 1. The van der Waals surface area contributed by atoms with Gasteiger partial charge in [0, 0.05) is 4.47 Å². The standard InChI is InChI=1S/C16H13BrFN5O/c1-10(19-16(24)13-7-2-3-8-14(13)18)15-20-21-22-23(15)12-6-4-5-11(17)9-12/h2-10H,1H3,(H,19,24). The molecule has 8 heteroatoms. The van der Waals surface area contributed by atoms with Crippen molar-refractivity contribution in [2.24, 2.45) is 0 Å². The van der Waals surface area contributed by atoms with E-state index in [2.05, 4.69) is 36.8 Å². The third-order valence-corrected chi connectivity index (χ3v) is 3.89. The van der Waals surface area contributed by atoms with Gasteiger partial charge in [-0.1, -0.05) is 34.1 Å². The molecular formula is C16H13BrFN5O. The summed E-state index contributed by atoms with van der Waals surface area (Å²) in [6, 6.07) is 12.7. The molecule has 0 fully saturated rings. The van der Waals surface area contributed by atoms with E-state index in [4.69, 9.17) is 0 Å². The Morgan fingerprint density at radius 3 is 2.79 bits per heavy atom. The lowest BCUT2D eigenvalue weighted by Crippen LogP contribution is -2.29. The van der Waals surface area contributed by atoms with Gasteiger partial charge in [-0.15, -0.1) is 5.10 Å². The molecule has 1 aromatic heterocycles. The van der Waals surface area contributed by atoms with Crippen molar-refractivity contribution in [2.75, 3.05) is 0 Å². The summed E-state index contributed by atoms with van der Waals surface area (Å²) in [5, 5.41) is 14.3. The van der Waals surface area contributed by atoms with Gasteiger partial charge in [0.2, 0.25) is 0 Å². The number of nitrogens with zero attached hydrogens (tertiary/aromatic N) is 4. The van der Waals surface area contributed by atoms with Crippen LogP contribution in [-0.4, -0.2) is 26.1 Å². The minimum Gasteiger partial charge on any atom is -0.342 e. The maximum absolute atomic E-state index is 13.7. The van der Waals surface area contributed by atoms with Crippen LogP contribution in [0.15, 0.2) is 53.0 Å². The number of hydrogen-bond acceptors (Lipinski definition) is 4. The van der Waals surface area contributed by atoms with E-state index < -0.39 is 17.8 Å². The zero-order chi connectivity index (χ0) is 17.1. The van der Waals surface area contributed by atoms with Crippen LogP contribution in [0.3, 0.4) is 0 Å². The molecule has 0 saturated heterocycles. The van der Waals surface area contributed by atoms with E-state index >= 15 is 0 Å². The van der Waals surface area contributed by atoms with Crippen LogP contribution < -0.4 is 5.32 Å². The zero-order valence-electron chi connectivity index (χ0n) is 12.6. The van der Waals surface area contributed by atoms with Crippen molar-refractivity contribution in [3.8, 4) is 5.69 Å². The Balaban J connectivity index is 1.84. The van der Waals surface area contributed by atoms with Gasteiger partial charge in [0.15, 0.2) is 5.82 Å². The van der Waals surface area contributed by atoms with Gasteiger partial charge in [-0.05, 0) is 47.7 Å². The van der Waals surface area contributed by atoms with Gasteiger partial charge in [0.25, 0.3) is 5.91 Å². The second-order valence-electron chi connectivity index (χ2n) is 5.10. The monoisotopic (exact) mass is 389 g/mol. The van der Waals surface area contributed by atoms with Crippen molar-refractivity contribution < 1.29 is 9.18 Å². The Labute approximate surface area is 145 Å². The van der Waals surface area contributed by atoms with Crippen LogP contribution >= 0.6 is 15.9 Å². The molecule has 0 saturated carbocycles. The number of aromatic nitrogens is 4. The first-order valence-electron chi connectivity index (χ1n) is 7.16. The average molecular weight is 390 g/mol. The predicted octanol–water partition coefficient (Wildman–Crippen LogP) is 3.05. The maximum Gasteiger partial charge on any atom is 0.254 e. The highest BCUT2D eigenvalue weighted by molar-refractivity contribution is 9.10. The first kappa shape index (κ1) is 16.3. The van der Waals surface area contributed by atoms with E-state index in [0.717, 1.165) is 10.2 Å². The molecule has 122 valence electrons. The van der Waals surface area contributed by atoms with E-state index in [1.54, 1.807) is 13.0 Å². The van der Waals surface area contributed by atoms with Gasteiger partial charge in [-0.3, -0.25) is 4.79 Å². The Bertz CT molecular complexity index is 882. The molecule has 0 aliphatic heterocycles. The summed E-state index contributed by atoms with van der Waals surface area (Å²) in [5.41, 5.74) is 0.724. The summed E-state index contributed by atoms with van der Waals surface area (Å²) >= 11 is 3.39. The lowest BCUT2D eigenvalue weighted by molar-refractivity contribution is 0.0934. The number of amides is 1. The van der Waals surface area contributed by atoms with Crippen LogP contribution in [0.2, 0.25) is 0 Å². The normalized spacial score (nSPS) is 12.0. The van der Waals surface area contributed by atoms with Crippen molar-refractivity contribution >= 4 is 21.8 Å². The molecule has 2 aromatic carbocycles. The number of carbonyl (C=O) groups is 1. The first-order chi connectivity index (χ1) is 11.6. The molecule has 1 N–H and O–H groups in total. The third-order valence-electron chi connectivity index (χ3n) is 3.40. The summed E-state index contributed by atoms with van der Waals surface area (Å²) in [6.45, 7) is 1.74. The van der Waals surface area contributed by atoms with Crippen LogP contribution in [0.4, 0.5) is 4.39 Å². The van der Waals surface area contributed by atoms with Crippen molar-refractivity contribution in [3.63, 3.8) is 0 Å². The van der Waals surface area contributed by atoms with E-state index in [0.29, 0.717) is 5.82 Å². The number of halogens is 2. The van der Waals surface area contributed by atoms with Crippen LogP contribution in [0.5, 0.6) is 0 Å². The van der Waals surface area contributed by atoms with Crippen LogP contribution in [0.25, 0.3) is 5.69 Å². The SMILES string of the molecule is CC(NC(=O)c1ccccc1F)c1nnnn1-c1cccc(Br)c1. The van der Waals surface area contributed by atoms with Crippen molar-refractivity contribution in [2.45, 2.75) is 13.0 Å². The molecule has 6 nitrogen and oxygen atoms in total. The van der Waals surface area contributed by atoms with E-state index in [1.807, 2.05) is 24.3 Å². The van der Waals surface area contributed by atoms with Gasteiger partial charge >= 0.3 is 0 Å². The molecule has 0 aliphatic rings. The molecule has 0 aliphatic carbocycles. The van der Waals surface area contributed by atoms with Crippen molar-refractivity contribution in [1.29, 1.82) is 0 Å². The molecular weight excluding hydrogens is 377 g/mol. The highest BCUT2D eigenvalue weighted by Crippen LogP contribution is 2.18. The Hall–Kier alpha value is -2.61. The topological polar surface area (TPSA) is 72.7 Å². The fourth-order valence-electron chi connectivity index (χ4n) is 2.24. The third kappa shape index (κ3) is 3.33. The molecule has 0 bridgehead atoms. The lowest BCUT2D eigenvalue weighted by atomic mass is 10.2. The maximum atomic E-state index is 13.7. The van der Waals surface area contributed by atoms with Gasteiger partial charge in [-0.25, -0.2) is 4.39 Å². The quantitative estimate of drug-likeness (QED) is 0.743. The molecule has 3 rings (SSSR count). The summed E-state index contributed by atoms with van der Waals surface area (Å²) in [5.74, 6) is -0.657. The van der Waals surface area contributed by atoms with Gasteiger partial charge < -0.3 is 5.32 Å². The van der Waals surface area contributed by atoms with Crippen LogP contribution in [0, 0.1) is 5.82 Å². The smallest absolute Gasteiger partial charge is 0.254 e. The lowest BCUT2D eigenvalue weighted by Gasteiger charge is -2.14. The van der Waals surface area contributed by atoms with Crippen molar-refractivity contribution in [1.82, 2.24) is 25.5 Å². The molecule has 24 heavy (non-hydrogen) atoms. The van der Waals surface area contributed by atoms with Crippen molar-refractivity contribution in [3.05, 3.63) is 70.2 Å². The molecule has 0 spiro atoms. The number of nitrogens with one attached hydrogen (secondary N) is 1. The Kier molecular flexibility index (Phi) is 4.66. The molecule has 1 atom stereocenters. The fraction of sp³-hybridized carbons (Fsp3) is 0.125. The van der Waals surface area contributed by atoms with E-state index in [-0.39, 0.29) is 5.56 Å². The molecule has 3 aromatic rings. The highest BCUT2D eigenvalue weighted by Gasteiger charge is 2.20. The number of tetrazole rings is 1. The number of benzene rings is 2. The first-order valence-corrected chi connectivity index (χ1v) is 7.95. The van der Waals surface area contributed by atoms with Gasteiger partial charge in [-0.2, -0.15) is 4.68 Å². The second kappa shape index (κ2) is 6.88. The molecule has 0 radical (unpaired) electrons. The van der Waals surface area contributed by atoms with Crippen LogP contribution in [0.1, 0.15) is 29.1 Å². The Morgan fingerprint density at radius 1 is 1.25 bits per heavy atom. The summed E-state index contributed by atoms with van der Waals surface area (Å²) in [4.78, 5) is 12.2. The summed E-state index contributed by atoms with van der Waals surface area (Å²) in [7, 11) is 0. The molecule has 1 unspecified atom stereocenters. The Morgan fingerprint density at radius 2 is 2.04 bits per heavy atom. The fourth-order valence-corrected chi connectivity index (χ4v) is 2.63. The second-order valence-corrected chi connectivity index (χ2v) is 6.02. The molecule has 1 amide bonds. The zero-order valence-corrected chi connectivity index (χ0v) is 14.2. The average Bonchev–Trinajstić information content (AvgIpc) is 3.05. The largest absolute Gasteiger partial charge is 0.342 e. The van der Waals surface area contributed by atoms with E-state index in [1.165, 1.54) is 22.9 Å². The van der Waals surface area contributed by atoms with Gasteiger partial charge in [0.1, 0.15) is 5.82 Å². The highest BCUT2D eigenvalue weighted by atomic mass is 79.9. The number of rotatable bonds is 4.